The number of Topliss-reactive ketones (excluding diaryl/α,β-unsaturated/α-hetero) is 1. The van der Waals surface area contributed by atoms with Crippen LogP contribution in [-0.4, -0.2) is 22.6 Å². The predicted octanol–water partition coefficient (Wildman–Crippen LogP) is 4.55. The van der Waals surface area contributed by atoms with Crippen LogP contribution in [0.5, 0.6) is 5.75 Å². The fourth-order valence-corrected chi connectivity index (χ4v) is 3.53. The van der Waals surface area contributed by atoms with Crippen molar-refractivity contribution in [3.05, 3.63) is 65.3 Å². The van der Waals surface area contributed by atoms with Crippen molar-refractivity contribution in [1.82, 2.24) is 0 Å². The van der Waals surface area contributed by atoms with E-state index in [4.69, 9.17) is 10.00 Å². The Hall–Kier alpha value is -2.58. The molecule has 1 aliphatic rings. The lowest BCUT2D eigenvalue weighted by atomic mass is 9.99. The van der Waals surface area contributed by atoms with Gasteiger partial charge < -0.3 is 4.74 Å². The lowest BCUT2D eigenvalue weighted by molar-refractivity contribution is 0.0971. The van der Waals surface area contributed by atoms with Crippen molar-refractivity contribution in [2.24, 2.45) is 4.99 Å². The second-order valence-corrected chi connectivity index (χ2v) is 6.60. The fourth-order valence-electron chi connectivity index (χ4n) is 2.49. The van der Waals surface area contributed by atoms with E-state index in [1.54, 1.807) is 30.2 Å². The second kappa shape index (κ2) is 8.50. The van der Waals surface area contributed by atoms with Crippen LogP contribution in [0.25, 0.3) is 0 Å². The first kappa shape index (κ1) is 18.8. The van der Waals surface area contributed by atoms with Gasteiger partial charge in [0.2, 0.25) is 0 Å². The van der Waals surface area contributed by atoms with Gasteiger partial charge in [-0.25, -0.2) is 0 Å². The van der Waals surface area contributed by atoms with Gasteiger partial charge in [-0.3, -0.25) is 9.79 Å². The van der Waals surface area contributed by atoms with Gasteiger partial charge in [-0.15, -0.1) is 17.0 Å². The van der Waals surface area contributed by atoms with Crippen molar-refractivity contribution in [3.8, 4) is 12.0 Å². The highest BCUT2D eigenvalue weighted by Gasteiger charge is 2.27. The number of thioether (sulfide) groups is 1. The molecule has 1 aliphatic heterocycles. The first-order chi connectivity index (χ1) is 12.0. The van der Waals surface area contributed by atoms with Gasteiger partial charge >= 0.3 is 0 Å². The Labute approximate surface area is 152 Å². The molecule has 1 heterocycles. The number of ether oxygens (including phenoxy) is 1. The largest absolute Gasteiger partial charge is 0.388 e. The van der Waals surface area contributed by atoms with E-state index < -0.39 is 6.04 Å². The lowest BCUT2D eigenvalue weighted by Gasteiger charge is -2.10. The SMILES string of the molecule is C=C/C=C(\C=C/C)C1=NC(C(=O)c2cc(C)c(C)c(OC#N)c2)CS1. The van der Waals surface area contributed by atoms with E-state index in [0.717, 1.165) is 21.7 Å². The molecule has 1 unspecified atom stereocenters. The Balaban J connectivity index is 2.32. The van der Waals surface area contributed by atoms with Crippen molar-refractivity contribution in [2.75, 3.05) is 5.75 Å². The van der Waals surface area contributed by atoms with Crippen molar-refractivity contribution >= 4 is 22.6 Å². The zero-order valence-corrected chi connectivity index (χ0v) is 15.4. The molecule has 5 heteroatoms. The zero-order valence-electron chi connectivity index (χ0n) is 14.6. The summed E-state index contributed by atoms with van der Waals surface area (Å²) in [5, 5.41) is 9.61. The summed E-state index contributed by atoms with van der Waals surface area (Å²) in [6, 6.07) is 3.01. The van der Waals surface area contributed by atoms with Gasteiger partial charge in [0.15, 0.2) is 5.78 Å². The van der Waals surface area contributed by atoms with E-state index in [2.05, 4.69) is 11.6 Å². The third kappa shape index (κ3) is 4.28. The number of benzene rings is 1. The summed E-state index contributed by atoms with van der Waals surface area (Å²) in [6.45, 7) is 9.41. The molecule has 0 fully saturated rings. The average molecular weight is 352 g/mol. The van der Waals surface area contributed by atoms with Crippen molar-refractivity contribution in [3.63, 3.8) is 0 Å². The van der Waals surface area contributed by atoms with Gasteiger partial charge in [-0.1, -0.05) is 30.9 Å². The molecule has 1 atom stereocenters. The predicted molar refractivity (Wildman–Crippen MR) is 103 cm³/mol. The van der Waals surface area contributed by atoms with E-state index in [1.165, 1.54) is 0 Å². The topological polar surface area (TPSA) is 62.4 Å². The molecule has 0 saturated carbocycles. The molecule has 25 heavy (non-hydrogen) atoms. The van der Waals surface area contributed by atoms with Gasteiger partial charge in [-0.05, 0) is 44.0 Å². The molecule has 0 bridgehead atoms. The summed E-state index contributed by atoms with van der Waals surface area (Å²) < 4.78 is 4.98. The van der Waals surface area contributed by atoms with Crippen molar-refractivity contribution in [2.45, 2.75) is 26.8 Å². The molecule has 2 rings (SSSR count). The van der Waals surface area contributed by atoms with Crippen molar-refractivity contribution < 1.29 is 9.53 Å². The smallest absolute Gasteiger partial charge is 0.292 e. The number of nitriles is 1. The standard InChI is InChI=1S/C20H20N2O2S/c1-5-7-15(8-6-2)20-22-17(11-25-20)19(23)16-9-13(3)14(4)18(10-16)24-12-21/h5-10,17H,1,11H2,2-4H3/b8-6-,15-7+. The summed E-state index contributed by atoms with van der Waals surface area (Å²) in [5.74, 6) is 0.954. The lowest BCUT2D eigenvalue weighted by Crippen LogP contribution is -2.19. The Morgan fingerprint density at radius 3 is 2.88 bits per heavy atom. The number of ketones is 1. The van der Waals surface area contributed by atoms with Gasteiger partial charge in [-0.2, -0.15) is 0 Å². The van der Waals surface area contributed by atoms with E-state index >= 15 is 0 Å². The normalized spacial score (nSPS) is 17.3. The summed E-state index contributed by atoms with van der Waals surface area (Å²) in [7, 11) is 0. The van der Waals surface area contributed by atoms with Crippen LogP contribution in [0.1, 0.15) is 28.4 Å². The molecule has 0 N–H and O–H groups in total. The highest BCUT2D eigenvalue weighted by Crippen LogP contribution is 2.29. The minimum Gasteiger partial charge on any atom is -0.388 e. The average Bonchev–Trinajstić information content (AvgIpc) is 3.08. The number of carbonyl (C=O) groups is 1. The molecule has 0 spiro atoms. The molecule has 0 saturated heterocycles. The first-order valence-electron chi connectivity index (χ1n) is 7.89. The number of allylic oxidation sites excluding steroid dienone is 4. The third-order valence-corrected chi connectivity index (χ3v) is 5.00. The Kier molecular flexibility index (Phi) is 6.37. The van der Waals surface area contributed by atoms with Crippen LogP contribution in [0.2, 0.25) is 0 Å². The van der Waals surface area contributed by atoms with Crippen LogP contribution in [-0.2, 0) is 0 Å². The highest BCUT2D eigenvalue weighted by molar-refractivity contribution is 8.14. The summed E-state index contributed by atoms with van der Waals surface area (Å²) in [6.07, 6.45) is 9.15. The molecule has 4 nitrogen and oxygen atoms in total. The molecule has 0 aliphatic carbocycles. The van der Waals surface area contributed by atoms with Crippen LogP contribution in [0.3, 0.4) is 0 Å². The second-order valence-electron chi connectivity index (χ2n) is 5.59. The molecule has 0 radical (unpaired) electrons. The van der Waals surface area contributed by atoms with Crippen LogP contribution in [0.4, 0.5) is 0 Å². The minimum atomic E-state index is -0.435. The summed E-state index contributed by atoms with van der Waals surface area (Å²) in [4.78, 5) is 17.4. The Bertz CT molecular complexity index is 829. The van der Waals surface area contributed by atoms with Crippen LogP contribution < -0.4 is 4.74 Å². The van der Waals surface area contributed by atoms with E-state index in [-0.39, 0.29) is 5.78 Å². The highest BCUT2D eigenvalue weighted by atomic mass is 32.2. The maximum Gasteiger partial charge on any atom is 0.292 e. The number of aryl methyl sites for hydroxylation is 1. The molecule has 0 aromatic heterocycles. The van der Waals surface area contributed by atoms with E-state index in [1.807, 2.05) is 45.1 Å². The van der Waals surface area contributed by atoms with Gasteiger partial charge in [0.1, 0.15) is 11.8 Å². The Morgan fingerprint density at radius 2 is 2.24 bits per heavy atom. The van der Waals surface area contributed by atoms with Crippen LogP contribution in [0, 0.1) is 25.4 Å². The molecule has 128 valence electrons. The summed E-state index contributed by atoms with van der Waals surface area (Å²) in [5.41, 5.74) is 3.23. The molecule has 1 aromatic rings. The third-order valence-electron chi connectivity index (χ3n) is 3.90. The molecular weight excluding hydrogens is 332 g/mol. The minimum absolute atomic E-state index is 0.0631. The molecule has 0 amide bonds. The van der Waals surface area contributed by atoms with Crippen molar-refractivity contribution in [1.29, 1.82) is 5.26 Å². The molecule has 1 aromatic carbocycles. The van der Waals surface area contributed by atoms with Gasteiger partial charge in [0.25, 0.3) is 6.26 Å². The number of aliphatic imine (C=N–C) groups is 1. The van der Waals surface area contributed by atoms with Crippen LogP contribution in [0.15, 0.2) is 53.6 Å². The number of nitrogens with zero attached hydrogens (tertiary/aromatic N) is 2. The van der Waals surface area contributed by atoms with Gasteiger partial charge in [0, 0.05) is 16.9 Å². The first-order valence-corrected chi connectivity index (χ1v) is 8.88. The number of hydrogen-bond acceptors (Lipinski definition) is 5. The molecular formula is C20H20N2O2S. The van der Waals surface area contributed by atoms with Crippen LogP contribution >= 0.6 is 11.8 Å². The maximum absolute atomic E-state index is 12.8. The van der Waals surface area contributed by atoms with E-state index in [0.29, 0.717) is 17.1 Å². The summed E-state index contributed by atoms with van der Waals surface area (Å²) >= 11 is 1.56. The maximum atomic E-state index is 12.8. The number of carbonyl (C=O) groups excluding carboxylic acids is 1. The monoisotopic (exact) mass is 352 g/mol. The number of rotatable bonds is 6. The number of hydrogen-bond donors (Lipinski definition) is 0. The quantitative estimate of drug-likeness (QED) is 0.428. The van der Waals surface area contributed by atoms with Gasteiger partial charge in [0.05, 0.1) is 5.04 Å². The zero-order chi connectivity index (χ0) is 18.4. The Morgan fingerprint density at radius 1 is 1.48 bits per heavy atom. The van der Waals surface area contributed by atoms with E-state index in [9.17, 15) is 4.79 Å². The fraction of sp³-hybridized carbons (Fsp3) is 0.250.